The zero-order chi connectivity index (χ0) is 10.6. The molecule has 2 rings (SSSR count). The second-order valence-corrected chi connectivity index (χ2v) is 4.69. The van der Waals surface area contributed by atoms with Crippen molar-refractivity contribution in [2.75, 3.05) is 0 Å². The zero-order valence-corrected chi connectivity index (χ0v) is 10.1. The molecule has 0 spiro atoms. The van der Waals surface area contributed by atoms with Gasteiger partial charge in [0.25, 0.3) is 0 Å². The molecule has 1 unspecified atom stereocenters. The van der Waals surface area contributed by atoms with Crippen LogP contribution in [0.3, 0.4) is 0 Å². The summed E-state index contributed by atoms with van der Waals surface area (Å²) in [5, 5.41) is 0. The van der Waals surface area contributed by atoms with Gasteiger partial charge in [-0.3, -0.25) is 0 Å². The lowest BCUT2D eigenvalue weighted by atomic mass is 9.93. The summed E-state index contributed by atoms with van der Waals surface area (Å²) in [6.07, 6.45) is 0. The Morgan fingerprint density at radius 2 is 1.36 bits per heavy atom. The fourth-order valence-corrected chi connectivity index (χ4v) is 2.82. The van der Waals surface area contributed by atoms with Crippen LogP contribution in [0.25, 0.3) is 0 Å². The Kier molecular flexibility index (Phi) is 1.99. The molecular weight excluding hydrogens is 168 g/mol. The van der Waals surface area contributed by atoms with Gasteiger partial charge in [0.1, 0.15) is 0 Å². The molecule has 75 valence electrons. The van der Waals surface area contributed by atoms with E-state index in [4.69, 9.17) is 0 Å². The lowest BCUT2D eigenvalue weighted by Crippen LogP contribution is -1.97. The average molecular weight is 187 g/mol. The molecule has 0 N–H and O–H groups in total. The van der Waals surface area contributed by atoms with E-state index >= 15 is 0 Å². The van der Waals surface area contributed by atoms with Crippen molar-refractivity contribution in [1.29, 1.82) is 0 Å². The Hall–Kier alpha value is -0.780. The Morgan fingerprint density at radius 3 is 1.86 bits per heavy atom. The summed E-state index contributed by atoms with van der Waals surface area (Å²) in [5.41, 5.74) is 9.22. The Bertz CT molecular complexity index is 388. The van der Waals surface area contributed by atoms with Gasteiger partial charge in [-0.15, -0.1) is 0 Å². The number of allylic oxidation sites excluding steroid dienone is 6. The first-order valence-corrected chi connectivity index (χ1v) is 5.40. The van der Waals surface area contributed by atoms with E-state index in [9.17, 15) is 0 Å². The van der Waals surface area contributed by atoms with E-state index in [0.717, 1.165) is 0 Å². The van der Waals surface area contributed by atoms with E-state index in [0.29, 0.717) is 5.92 Å². The van der Waals surface area contributed by atoms with Gasteiger partial charge in [-0.25, -0.2) is 0 Å². The van der Waals surface area contributed by atoms with Crippen LogP contribution in [0, 0.1) is 11.8 Å². The SMILES string of the molecule is C[C]1C(C)=C2C(C)=C(C)C(C)C2=C1C. The highest BCUT2D eigenvalue weighted by Crippen LogP contribution is 2.51. The quantitative estimate of drug-likeness (QED) is 0.533. The maximum Gasteiger partial charge on any atom is 0.0230 e. The van der Waals surface area contributed by atoms with E-state index in [1.54, 1.807) is 16.7 Å². The molecule has 0 bridgehead atoms. The third kappa shape index (κ3) is 0.945. The predicted molar refractivity (Wildman–Crippen MR) is 61.9 cm³/mol. The highest BCUT2D eigenvalue weighted by molar-refractivity contribution is 5.70. The van der Waals surface area contributed by atoms with Gasteiger partial charge in [0.15, 0.2) is 0 Å². The van der Waals surface area contributed by atoms with Gasteiger partial charge in [-0.05, 0) is 44.4 Å². The van der Waals surface area contributed by atoms with Crippen LogP contribution < -0.4 is 0 Å². The Morgan fingerprint density at radius 1 is 0.786 bits per heavy atom. The highest BCUT2D eigenvalue weighted by atomic mass is 14.4. The molecule has 0 heteroatoms. The van der Waals surface area contributed by atoms with E-state index in [1.807, 2.05) is 0 Å². The maximum atomic E-state index is 2.33. The van der Waals surface area contributed by atoms with Gasteiger partial charge in [-0.2, -0.15) is 0 Å². The minimum Gasteiger partial charge on any atom is -0.0626 e. The molecule has 0 aromatic carbocycles. The minimum atomic E-state index is 0.636. The standard InChI is InChI=1S/C14H19/c1-7-9(3)13-11(5)8(2)12(6)14(13)10(7)4/h9H,1-6H3. The van der Waals surface area contributed by atoms with Gasteiger partial charge in [-0.1, -0.05) is 30.6 Å². The topological polar surface area (TPSA) is 0 Å². The average Bonchev–Trinajstić information content (AvgIpc) is 2.51. The van der Waals surface area contributed by atoms with Crippen molar-refractivity contribution in [2.24, 2.45) is 5.92 Å². The summed E-state index contributed by atoms with van der Waals surface area (Å²) in [5.74, 6) is 2.13. The molecule has 14 heavy (non-hydrogen) atoms. The van der Waals surface area contributed by atoms with Crippen molar-refractivity contribution in [3.63, 3.8) is 0 Å². The van der Waals surface area contributed by atoms with Crippen LogP contribution in [0.4, 0.5) is 0 Å². The summed E-state index contributed by atoms with van der Waals surface area (Å²) in [6, 6.07) is 0. The smallest absolute Gasteiger partial charge is 0.0230 e. The highest BCUT2D eigenvalue weighted by Gasteiger charge is 2.35. The van der Waals surface area contributed by atoms with Crippen molar-refractivity contribution < 1.29 is 0 Å². The van der Waals surface area contributed by atoms with Crippen LogP contribution in [0.5, 0.6) is 0 Å². The first kappa shape index (κ1) is 9.76. The molecule has 0 saturated carbocycles. The van der Waals surface area contributed by atoms with Crippen LogP contribution in [0.2, 0.25) is 0 Å². The van der Waals surface area contributed by atoms with E-state index in [2.05, 4.69) is 41.5 Å². The van der Waals surface area contributed by atoms with Crippen molar-refractivity contribution in [1.82, 2.24) is 0 Å². The third-order valence-electron chi connectivity index (χ3n) is 4.22. The zero-order valence-electron chi connectivity index (χ0n) is 10.1. The Labute approximate surface area is 87.4 Å². The fraction of sp³-hybridized carbons (Fsp3) is 0.500. The van der Waals surface area contributed by atoms with Crippen LogP contribution >= 0.6 is 0 Å². The molecule has 2 aliphatic rings. The lowest BCUT2D eigenvalue weighted by Gasteiger charge is -2.11. The van der Waals surface area contributed by atoms with Gasteiger partial charge in [0.05, 0.1) is 0 Å². The van der Waals surface area contributed by atoms with Gasteiger partial charge >= 0.3 is 0 Å². The summed E-state index contributed by atoms with van der Waals surface area (Å²) in [7, 11) is 0. The first-order valence-electron chi connectivity index (χ1n) is 5.40. The fourth-order valence-electron chi connectivity index (χ4n) is 2.82. The van der Waals surface area contributed by atoms with Crippen LogP contribution in [0.1, 0.15) is 41.5 Å². The molecule has 2 aliphatic carbocycles. The molecule has 0 aliphatic heterocycles. The largest absolute Gasteiger partial charge is 0.0626 e. The molecule has 0 nitrogen and oxygen atoms in total. The van der Waals surface area contributed by atoms with Gasteiger partial charge in [0.2, 0.25) is 0 Å². The lowest BCUT2D eigenvalue weighted by molar-refractivity contribution is 0.833. The van der Waals surface area contributed by atoms with E-state index in [-0.39, 0.29) is 0 Å². The molecule has 0 aromatic heterocycles. The molecule has 0 heterocycles. The van der Waals surface area contributed by atoms with Crippen LogP contribution in [-0.4, -0.2) is 0 Å². The van der Waals surface area contributed by atoms with Crippen molar-refractivity contribution in [2.45, 2.75) is 41.5 Å². The van der Waals surface area contributed by atoms with E-state index < -0.39 is 0 Å². The Balaban J connectivity index is 2.67. The summed E-state index contributed by atoms with van der Waals surface area (Å²) < 4.78 is 0. The molecule has 0 aromatic rings. The molecule has 0 fully saturated rings. The molecule has 1 radical (unpaired) electrons. The van der Waals surface area contributed by atoms with Gasteiger partial charge < -0.3 is 0 Å². The number of hydrogen-bond donors (Lipinski definition) is 0. The van der Waals surface area contributed by atoms with Gasteiger partial charge in [0, 0.05) is 11.8 Å². The minimum absolute atomic E-state index is 0.636. The van der Waals surface area contributed by atoms with Crippen LogP contribution in [0.15, 0.2) is 33.4 Å². The predicted octanol–water partition coefficient (Wildman–Crippen LogP) is 4.21. The van der Waals surface area contributed by atoms with Crippen molar-refractivity contribution in [3.05, 3.63) is 39.4 Å². The summed E-state index contributed by atoms with van der Waals surface area (Å²) in [6.45, 7) is 13.6. The van der Waals surface area contributed by atoms with Crippen molar-refractivity contribution >= 4 is 0 Å². The number of fused-ring (bicyclic) bond motifs is 1. The van der Waals surface area contributed by atoms with Crippen molar-refractivity contribution in [3.8, 4) is 0 Å². The third-order valence-corrected chi connectivity index (χ3v) is 4.22. The molecule has 0 amide bonds. The second-order valence-electron chi connectivity index (χ2n) is 4.69. The first-order chi connectivity index (χ1) is 6.46. The summed E-state index contributed by atoms with van der Waals surface area (Å²) in [4.78, 5) is 0. The second kappa shape index (κ2) is 2.85. The number of rotatable bonds is 0. The summed E-state index contributed by atoms with van der Waals surface area (Å²) >= 11 is 0. The molecule has 1 atom stereocenters. The van der Waals surface area contributed by atoms with E-state index in [1.165, 1.54) is 22.6 Å². The molecular formula is C14H19. The normalized spacial score (nSPS) is 28.3. The number of hydrogen-bond acceptors (Lipinski definition) is 0. The molecule has 0 saturated heterocycles. The van der Waals surface area contributed by atoms with Crippen LogP contribution in [-0.2, 0) is 0 Å². The monoisotopic (exact) mass is 187 g/mol. The maximum absolute atomic E-state index is 2.33.